The third-order valence-electron chi connectivity index (χ3n) is 4.22. The SMILES string of the molecule is Cc1ccc(/C=N/NC(=O)CSc2nnc(-c3ccccc3)n2-c2ccc(Br)cc2)s1. The van der Waals surface area contributed by atoms with E-state index in [1.165, 1.54) is 16.6 Å². The molecule has 0 saturated carbocycles. The zero-order valence-electron chi connectivity index (χ0n) is 16.5. The highest BCUT2D eigenvalue weighted by Gasteiger charge is 2.17. The monoisotopic (exact) mass is 511 g/mol. The van der Waals surface area contributed by atoms with Crippen LogP contribution >= 0.6 is 39.0 Å². The lowest BCUT2D eigenvalue weighted by Crippen LogP contribution is -2.19. The van der Waals surface area contributed by atoms with Gasteiger partial charge in [0.1, 0.15) is 0 Å². The first-order valence-electron chi connectivity index (χ1n) is 9.38. The Kier molecular flexibility index (Phi) is 6.96. The second kappa shape index (κ2) is 10.0. The Bertz CT molecular complexity index is 1200. The molecular weight excluding hydrogens is 494 g/mol. The number of aromatic nitrogens is 3. The highest BCUT2D eigenvalue weighted by atomic mass is 79.9. The van der Waals surface area contributed by atoms with Gasteiger partial charge in [-0.25, -0.2) is 5.43 Å². The van der Waals surface area contributed by atoms with E-state index in [9.17, 15) is 4.79 Å². The summed E-state index contributed by atoms with van der Waals surface area (Å²) in [4.78, 5) is 14.5. The summed E-state index contributed by atoms with van der Waals surface area (Å²) >= 11 is 6.41. The maximum atomic E-state index is 12.3. The van der Waals surface area contributed by atoms with Crippen LogP contribution in [0, 0.1) is 6.92 Å². The largest absolute Gasteiger partial charge is 0.272 e. The van der Waals surface area contributed by atoms with Crippen molar-refractivity contribution in [2.75, 3.05) is 5.75 Å². The van der Waals surface area contributed by atoms with Crippen molar-refractivity contribution in [2.24, 2.45) is 5.10 Å². The van der Waals surface area contributed by atoms with Gasteiger partial charge in [0.25, 0.3) is 5.91 Å². The van der Waals surface area contributed by atoms with E-state index in [0.29, 0.717) is 5.16 Å². The van der Waals surface area contributed by atoms with Crippen LogP contribution in [0.1, 0.15) is 9.75 Å². The number of carbonyl (C=O) groups excluding carboxylic acids is 1. The number of carbonyl (C=O) groups is 1. The number of aryl methyl sites for hydroxylation is 1. The summed E-state index contributed by atoms with van der Waals surface area (Å²) in [7, 11) is 0. The number of benzene rings is 2. The molecule has 0 aliphatic carbocycles. The maximum Gasteiger partial charge on any atom is 0.250 e. The highest BCUT2D eigenvalue weighted by Crippen LogP contribution is 2.28. The molecule has 0 aliphatic rings. The number of hydrogen-bond acceptors (Lipinski definition) is 6. The molecule has 0 spiro atoms. The molecule has 6 nitrogen and oxygen atoms in total. The molecule has 0 fully saturated rings. The summed E-state index contributed by atoms with van der Waals surface area (Å²) in [6.45, 7) is 2.03. The second-order valence-electron chi connectivity index (χ2n) is 6.51. The van der Waals surface area contributed by atoms with Crippen LogP contribution in [0.3, 0.4) is 0 Å². The van der Waals surface area contributed by atoms with E-state index in [-0.39, 0.29) is 11.7 Å². The number of hydrazone groups is 1. The number of rotatable bonds is 7. The molecule has 4 rings (SSSR count). The summed E-state index contributed by atoms with van der Waals surface area (Å²) < 4.78 is 2.94. The van der Waals surface area contributed by atoms with Gasteiger partial charge in [0.2, 0.25) is 0 Å². The number of thiophene rings is 1. The Balaban J connectivity index is 1.51. The molecule has 156 valence electrons. The van der Waals surface area contributed by atoms with Crippen molar-refractivity contribution in [1.82, 2.24) is 20.2 Å². The van der Waals surface area contributed by atoms with Crippen molar-refractivity contribution < 1.29 is 4.79 Å². The predicted octanol–water partition coefficient (Wildman–Crippen LogP) is 5.31. The van der Waals surface area contributed by atoms with Crippen LogP contribution in [0.4, 0.5) is 0 Å². The van der Waals surface area contributed by atoms with Crippen LogP contribution < -0.4 is 5.43 Å². The predicted molar refractivity (Wildman–Crippen MR) is 130 cm³/mol. The molecule has 0 saturated heterocycles. The third kappa shape index (κ3) is 5.49. The average Bonchev–Trinajstić information content (AvgIpc) is 3.39. The fraction of sp³-hybridized carbons (Fsp3) is 0.0909. The number of amides is 1. The van der Waals surface area contributed by atoms with Crippen LogP contribution in [0.15, 0.2) is 81.5 Å². The Hall–Kier alpha value is -2.75. The van der Waals surface area contributed by atoms with Gasteiger partial charge in [-0.05, 0) is 43.3 Å². The van der Waals surface area contributed by atoms with Gasteiger partial charge < -0.3 is 0 Å². The number of nitrogens with one attached hydrogen (secondary N) is 1. The minimum Gasteiger partial charge on any atom is -0.272 e. The topological polar surface area (TPSA) is 72.2 Å². The summed E-state index contributed by atoms with van der Waals surface area (Å²) in [5.41, 5.74) is 4.44. The number of hydrogen-bond donors (Lipinski definition) is 1. The zero-order valence-corrected chi connectivity index (χ0v) is 19.7. The van der Waals surface area contributed by atoms with Gasteiger partial charge in [-0.3, -0.25) is 9.36 Å². The first-order valence-corrected chi connectivity index (χ1v) is 12.0. The fourth-order valence-corrected chi connectivity index (χ4v) is 4.57. The Morgan fingerprint density at radius 1 is 1.13 bits per heavy atom. The van der Waals surface area contributed by atoms with Crippen LogP contribution in [0.2, 0.25) is 0 Å². The van der Waals surface area contributed by atoms with E-state index in [0.717, 1.165) is 26.4 Å². The fourth-order valence-electron chi connectivity index (χ4n) is 2.81. The van der Waals surface area contributed by atoms with E-state index in [1.54, 1.807) is 17.6 Å². The van der Waals surface area contributed by atoms with E-state index in [4.69, 9.17) is 0 Å². The molecule has 2 aromatic heterocycles. The molecule has 1 N–H and O–H groups in total. The molecule has 0 bridgehead atoms. The van der Waals surface area contributed by atoms with Gasteiger partial charge in [0.05, 0.1) is 12.0 Å². The van der Waals surface area contributed by atoms with Gasteiger partial charge >= 0.3 is 0 Å². The van der Waals surface area contributed by atoms with E-state index < -0.39 is 0 Å². The summed E-state index contributed by atoms with van der Waals surface area (Å²) in [5.74, 6) is 0.683. The van der Waals surface area contributed by atoms with Crippen LogP contribution in [0.5, 0.6) is 0 Å². The summed E-state index contributed by atoms with van der Waals surface area (Å²) in [6.07, 6.45) is 1.65. The highest BCUT2D eigenvalue weighted by molar-refractivity contribution is 9.10. The molecule has 2 heterocycles. The molecular formula is C22H18BrN5OS2. The van der Waals surface area contributed by atoms with Crippen molar-refractivity contribution in [3.05, 3.63) is 81.0 Å². The molecule has 0 radical (unpaired) electrons. The first kappa shape index (κ1) is 21.5. The van der Waals surface area contributed by atoms with Crippen molar-refractivity contribution in [2.45, 2.75) is 12.1 Å². The molecule has 0 atom stereocenters. The van der Waals surface area contributed by atoms with Gasteiger partial charge in [-0.15, -0.1) is 21.5 Å². The van der Waals surface area contributed by atoms with Crippen molar-refractivity contribution >= 4 is 51.2 Å². The molecule has 31 heavy (non-hydrogen) atoms. The van der Waals surface area contributed by atoms with Crippen LogP contribution in [0.25, 0.3) is 17.1 Å². The summed E-state index contributed by atoms with van der Waals surface area (Å²) in [5, 5.41) is 13.4. The molecule has 4 aromatic rings. The van der Waals surface area contributed by atoms with Gasteiger partial charge in [0, 0.05) is 25.5 Å². The minimum absolute atomic E-state index is 0.171. The lowest BCUT2D eigenvalue weighted by Gasteiger charge is -2.10. The lowest BCUT2D eigenvalue weighted by atomic mass is 10.2. The lowest BCUT2D eigenvalue weighted by molar-refractivity contribution is -0.118. The van der Waals surface area contributed by atoms with E-state index >= 15 is 0 Å². The molecule has 1 amide bonds. The second-order valence-corrected chi connectivity index (χ2v) is 9.69. The molecule has 0 aliphatic heterocycles. The number of nitrogens with zero attached hydrogens (tertiary/aromatic N) is 4. The molecule has 2 aromatic carbocycles. The van der Waals surface area contributed by atoms with Crippen LogP contribution in [-0.2, 0) is 4.79 Å². The number of halogens is 1. The third-order valence-corrected chi connectivity index (χ3v) is 6.62. The summed E-state index contributed by atoms with van der Waals surface area (Å²) in [6, 6.07) is 21.7. The Morgan fingerprint density at radius 2 is 1.90 bits per heavy atom. The van der Waals surface area contributed by atoms with Gasteiger partial charge in [-0.2, -0.15) is 5.10 Å². The van der Waals surface area contributed by atoms with E-state index in [1.807, 2.05) is 78.2 Å². The smallest absolute Gasteiger partial charge is 0.250 e. The Morgan fingerprint density at radius 3 is 2.61 bits per heavy atom. The van der Waals surface area contributed by atoms with Crippen LogP contribution in [-0.4, -0.2) is 32.6 Å². The quantitative estimate of drug-likeness (QED) is 0.207. The maximum absolute atomic E-state index is 12.3. The molecule has 9 heteroatoms. The molecule has 0 unspecified atom stereocenters. The van der Waals surface area contributed by atoms with Gasteiger partial charge in [-0.1, -0.05) is 58.0 Å². The van der Waals surface area contributed by atoms with Crippen molar-refractivity contribution in [1.29, 1.82) is 0 Å². The van der Waals surface area contributed by atoms with Crippen molar-refractivity contribution in [3.63, 3.8) is 0 Å². The number of thioether (sulfide) groups is 1. The minimum atomic E-state index is -0.207. The standard InChI is InChI=1S/C22H18BrN5OS2/c1-15-7-12-19(31-15)13-24-25-20(29)14-30-22-27-26-21(16-5-3-2-4-6-16)28(22)18-10-8-17(23)9-11-18/h2-13H,14H2,1H3,(H,25,29)/b24-13+. The first-order chi connectivity index (χ1) is 15.1. The van der Waals surface area contributed by atoms with Gasteiger partial charge in [0.15, 0.2) is 11.0 Å². The average molecular weight is 512 g/mol. The van der Waals surface area contributed by atoms with Crippen molar-refractivity contribution in [3.8, 4) is 17.1 Å². The van der Waals surface area contributed by atoms with E-state index in [2.05, 4.69) is 36.7 Å². The normalized spacial score (nSPS) is 11.2. The zero-order chi connectivity index (χ0) is 21.6. The Labute approximate surface area is 196 Å².